The average Bonchev–Trinajstić information content (AvgIpc) is 3.03. The number of rotatable bonds is 7. The maximum absolute atomic E-state index is 12.0. The van der Waals surface area contributed by atoms with Crippen LogP contribution in [0.1, 0.15) is 5.56 Å². The third-order valence-electron chi connectivity index (χ3n) is 3.94. The van der Waals surface area contributed by atoms with Gasteiger partial charge >= 0.3 is 0 Å². The van der Waals surface area contributed by atoms with Gasteiger partial charge in [-0.1, -0.05) is 23.2 Å². The summed E-state index contributed by atoms with van der Waals surface area (Å²) in [5.74, 6) is 1.01. The van der Waals surface area contributed by atoms with E-state index in [9.17, 15) is 4.79 Å². The van der Waals surface area contributed by atoms with Crippen molar-refractivity contribution < 1.29 is 14.3 Å². The Balaban J connectivity index is 1.51. The number of H-pyrrole nitrogens is 1. The molecule has 0 aliphatic heterocycles. The number of aromatic nitrogens is 1. The molecule has 0 saturated heterocycles. The van der Waals surface area contributed by atoms with Gasteiger partial charge in [0, 0.05) is 28.7 Å². The van der Waals surface area contributed by atoms with E-state index in [4.69, 9.17) is 32.7 Å². The number of hydrogen-bond acceptors (Lipinski definition) is 3. The molecule has 26 heavy (non-hydrogen) atoms. The second kappa shape index (κ2) is 8.34. The third-order valence-corrected chi connectivity index (χ3v) is 4.47. The number of methoxy groups -OCH3 is 1. The highest BCUT2D eigenvalue weighted by Crippen LogP contribution is 2.27. The zero-order valence-corrected chi connectivity index (χ0v) is 15.7. The van der Waals surface area contributed by atoms with Gasteiger partial charge in [0.25, 0.3) is 5.91 Å². The number of carbonyl (C=O) groups is 1. The highest BCUT2D eigenvalue weighted by molar-refractivity contribution is 6.35. The van der Waals surface area contributed by atoms with Crippen LogP contribution < -0.4 is 14.8 Å². The van der Waals surface area contributed by atoms with Gasteiger partial charge < -0.3 is 19.8 Å². The van der Waals surface area contributed by atoms with E-state index in [1.807, 2.05) is 24.4 Å². The molecule has 5 nitrogen and oxygen atoms in total. The molecule has 7 heteroatoms. The van der Waals surface area contributed by atoms with Crippen molar-refractivity contribution in [2.24, 2.45) is 0 Å². The number of halogens is 2. The minimum atomic E-state index is -0.214. The van der Waals surface area contributed by atoms with E-state index in [2.05, 4.69) is 10.3 Å². The number of fused-ring (bicyclic) bond motifs is 1. The van der Waals surface area contributed by atoms with E-state index in [0.717, 1.165) is 22.2 Å². The Morgan fingerprint density at radius 2 is 2.04 bits per heavy atom. The summed E-state index contributed by atoms with van der Waals surface area (Å²) in [5.41, 5.74) is 2.15. The Morgan fingerprint density at radius 3 is 2.81 bits per heavy atom. The zero-order chi connectivity index (χ0) is 18.5. The standard InChI is InChI=1S/C19H18Cl2N2O3/c1-25-14-3-4-17-15(9-14)12(10-23-17)6-7-22-19(24)11-26-18-5-2-13(20)8-16(18)21/h2-5,8-10,23H,6-7,11H2,1H3,(H,22,24). The fraction of sp³-hybridized carbons (Fsp3) is 0.211. The SMILES string of the molecule is COc1ccc2[nH]cc(CCNC(=O)COc3ccc(Cl)cc3Cl)c2c1. The lowest BCUT2D eigenvalue weighted by molar-refractivity contribution is -0.123. The highest BCUT2D eigenvalue weighted by Gasteiger charge is 2.08. The molecule has 1 amide bonds. The maximum atomic E-state index is 12.0. The summed E-state index contributed by atoms with van der Waals surface area (Å²) in [4.78, 5) is 15.2. The van der Waals surface area contributed by atoms with Gasteiger partial charge in [-0.2, -0.15) is 0 Å². The van der Waals surface area contributed by atoms with Crippen LogP contribution in [0.5, 0.6) is 11.5 Å². The molecule has 3 aromatic rings. The van der Waals surface area contributed by atoms with Gasteiger partial charge in [-0.15, -0.1) is 0 Å². The van der Waals surface area contributed by atoms with Crippen LogP contribution >= 0.6 is 23.2 Å². The van der Waals surface area contributed by atoms with Crippen LogP contribution in [-0.2, 0) is 11.2 Å². The first-order valence-electron chi connectivity index (χ1n) is 8.05. The number of amides is 1. The van der Waals surface area contributed by atoms with Gasteiger partial charge in [0.05, 0.1) is 12.1 Å². The summed E-state index contributed by atoms with van der Waals surface area (Å²) >= 11 is 11.8. The molecular weight excluding hydrogens is 375 g/mol. The molecule has 0 spiro atoms. The van der Waals surface area contributed by atoms with Crippen LogP contribution in [0.4, 0.5) is 0 Å². The van der Waals surface area contributed by atoms with E-state index >= 15 is 0 Å². The van der Waals surface area contributed by atoms with Crippen LogP contribution in [0, 0.1) is 0 Å². The van der Waals surface area contributed by atoms with Gasteiger partial charge in [0.1, 0.15) is 11.5 Å². The fourth-order valence-electron chi connectivity index (χ4n) is 2.61. The molecule has 0 radical (unpaired) electrons. The Labute approximate surface area is 161 Å². The Bertz CT molecular complexity index is 924. The summed E-state index contributed by atoms with van der Waals surface area (Å²) in [6.45, 7) is 0.393. The van der Waals surface area contributed by atoms with Crippen LogP contribution in [0.3, 0.4) is 0 Å². The molecule has 2 aromatic carbocycles. The molecule has 1 heterocycles. The van der Waals surface area contributed by atoms with Gasteiger partial charge in [0.2, 0.25) is 0 Å². The van der Waals surface area contributed by atoms with E-state index in [1.54, 1.807) is 25.3 Å². The van der Waals surface area contributed by atoms with Crippen LogP contribution in [0.15, 0.2) is 42.6 Å². The minimum absolute atomic E-state index is 0.108. The smallest absolute Gasteiger partial charge is 0.257 e. The summed E-state index contributed by atoms with van der Waals surface area (Å²) in [6, 6.07) is 10.7. The third kappa shape index (κ3) is 4.42. The predicted octanol–water partition coefficient (Wildman–Crippen LogP) is 4.22. The average molecular weight is 393 g/mol. The van der Waals surface area contributed by atoms with Crippen molar-refractivity contribution in [3.8, 4) is 11.5 Å². The molecular formula is C19H18Cl2N2O3. The summed E-state index contributed by atoms with van der Waals surface area (Å²) in [6.07, 6.45) is 2.64. The van der Waals surface area contributed by atoms with Crippen LogP contribution in [-0.4, -0.2) is 31.2 Å². The van der Waals surface area contributed by atoms with E-state index in [-0.39, 0.29) is 12.5 Å². The maximum Gasteiger partial charge on any atom is 0.257 e. The van der Waals surface area contributed by atoms with Crippen LogP contribution in [0.25, 0.3) is 10.9 Å². The quantitative estimate of drug-likeness (QED) is 0.632. The van der Waals surface area contributed by atoms with Crippen molar-refractivity contribution in [2.75, 3.05) is 20.3 Å². The second-order valence-corrected chi connectivity index (χ2v) is 6.53. The minimum Gasteiger partial charge on any atom is -0.497 e. The number of hydrogen-bond donors (Lipinski definition) is 2. The summed E-state index contributed by atoms with van der Waals surface area (Å²) in [5, 5.41) is 4.81. The van der Waals surface area contributed by atoms with Gasteiger partial charge in [-0.25, -0.2) is 0 Å². The van der Waals surface area contributed by atoms with Crippen molar-refractivity contribution in [2.45, 2.75) is 6.42 Å². The van der Waals surface area contributed by atoms with Crippen molar-refractivity contribution >= 4 is 40.0 Å². The molecule has 0 atom stereocenters. The van der Waals surface area contributed by atoms with Crippen molar-refractivity contribution in [3.05, 3.63) is 58.2 Å². The molecule has 0 fully saturated rings. The first kappa shape index (κ1) is 18.4. The lowest BCUT2D eigenvalue weighted by atomic mass is 10.1. The molecule has 1 aromatic heterocycles. The molecule has 0 aliphatic rings. The molecule has 0 bridgehead atoms. The summed E-state index contributed by atoms with van der Waals surface area (Å²) < 4.78 is 10.7. The molecule has 0 saturated carbocycles. The number of nitrogens with one attached hydrogen (secondary N) is 2. The molecule has 0 aliphatic carbocycles. The predicted molar refractivity (Wildman–Crippen MR) is 104 cm³/mol. The van der Waals surface area contributed by atoms with Crippen molar-refractivity contribution in [1.29, 1.82) is 0 Å². The first-order valence-corrected chi connectivity index (χ1v) is 8.81. The Hall–Kier alpha value is -2.37. The Morgan fingerprint density at radius 1 is 1.19 bits per heavy atom. The fourth-order valence-corrected chi connectivity index (χ4v) is 3.08. The number of benzene rings is 2. The van der Waals surface area contributed by atoms with E-state index in [0.29, 0.717) is 28.8 Å². The Kier molecular flexibility index (Phi) is 5.91. The summed E-state index contributed by atoms with van der Waals surface area (Å²) in [7, 11) is 1.64. The highest BCUT2D eigenvalue weighted by atomic mass is 35.5. The van der Waals surface area contributed by atoms with Crippen LogP contribution in [0.2, 0.25) is 10.0 Å². The largest absolute Gasteiger partial charge is 0.497 e. The lowest BCUT2D eigenvalue weighted by Crippen LogP contribution is -2.30. The number of carbonyl (C=O) groups excluding carboxylic acids is 1. The monoisotopic (exact) mass is 392 g/mol. The molecule has 2 N–H and O–H groups in total. The van der Waals surface area contributed by atoms with Gasteiger partial charge in [-0.3, -0.25) is 4.79 Å². The van der Waals surface area contributed by atoms with Gasteiger partial charge in [-0.05, 0) is 48.4 Å². The molecule has 0 unspecified atom stereocenters. The normalized spacial score (nSPS) is 10.7. The lowest BCUT2D eigenvalue weighted by Gasteiger charge is -2.09. The topological polar surface area (TPSA) is 63.3 Å². The zero-order valence-electron chi connectivity index (χ0n) is 14.1. The molecule has 3 rings (SSSR count). The van der Waals surface area contributed by atoms with Gasteiger partial charge in [0.15, 0.2) is 6.61 Å². The van der Waals surface area contributed by atoms with Crippen molar-refractivity contribution in [1.82, 2.24) is 10.3 Å². The first-order chi connectivity index (χ1) is 12.6. The number of ether oxygens (including phenoxy) is 2. The van der Waals surface area contributed by atoms with Crippen molar-refractivity contribution in [3.63, 3.8) is 0 Å². The molecule has 136 valence electrons. The van der Waals surface area contributed by atoms with E-state index < -0.39 is 0 Å². The second-order valence-electron chi connectivity index (χ2n) is 5.69. The number of aromatic amines is 1. The van der Waals surface area contributed by atoms with E-state index in [1.165, 1.54) is 0 Å².